The van der Waals surface area contributed by atoms with E-state index in [1.165, 1.54) is 11.1 Å². The predicted molar refractivity (Wildman–Crippen MR) is 120 cm³/mol. The summed E-state index contributed by atoms with van der Waals surface area (Å²) in [5, 5.41) is 11.6. The van der Waals surface area contributed by atoms with Crippen molar-refractivity contribution in [3.8, 4) is 16.8 Å². The van der Waals surface area contributed by atoms with Crippen molar-refractivity contribution in [2.75, 3.05) is 0 Å². The quantitative estimate of drug-likeness (QED) is 0.433. The number of fused-ring (bicyclic) bond motifs is 1. The number of nitrogens with zero attached hydrogens (tertiary/aromatic N) is 7. The van der Waals surface area contributed by atoms with Crippen LogP contribution in [-0.2, 0) is 13.0 Å². The Labute approximate surface area is 180 Å². The van der Waals surface area contributed by atoms with Gasteiger partial charge in [-0.15, -0.1) is 5.10 Å². The number of rotatable bonds is 5. The number of aromatic nitrogens is 7. The number of tetrazole rings is 1. The first kappa shape index (κ1) is 19.1. The summed E-state index contributed by atoms with van der Waals surface area (Å²) in [4.78, 5) is 9.64. The van der Waals surface area contributed by atoms with E-state index in [1.54, 1.807) is 11.0 Å². The SMILES string of the molecule is CCc1nc2c(C)cc(C)nc2n1Cc1ccc(-c2ccccc2-n2cnnn2)cc1. The first-order valence-corrected chi connectivity index (χ1v) is 10.4. The molecule has 0 aliphatic heterocycles. The molecule has 3 heterocycles. The summed E-state index contributed by atoms with van der Waals surface area (Å²) in [6, 6.07) is 18.8. The zero-order chi connectivity index (χ0) is 21.4. The van der Waals surface area contributed by atoms with E-state index in [0.717, 1.165) is 52.5 Å². The first-order valence-electron chi connectivity index (χ1n) is 10.4. The molecule has 0 saturated carbocycles. The Morgan fingerprint density at radius 3 is 2.48 bits per heavy atom. The Kier molecular flexibility index (Phi) is 4.78. The Balaban J connectivity index is 1.51. The normalized spacial score (nSPS) is 11.3. The van der Waals surface area contributed by atoms with Crippen LogP contribution < -0.4 is 0 Å². The van der Waals surface area contributed by atoms with Gasteiger partial charge < -0.3 is 4.57 Å². The Morgan fingerprint density at radius 2 is 1.74 bits per heavy atom. The van der Waals surface area contributed by atoms with Crippen molar-refractivity contribution in [1.82, 2.24) is 34.7 Å². The fourth-order valence-corrected chi connectivity index (χ4v) is 4.05. The number of pyridine rings is 1. The number of hydrogen-bond donors (Lipinski definition) is 0. The third-order valence-corrected chi connectivity index (χ3v) is 5.52. The van der Waals surface area contributed by atoms with Gasteiger partial charge in [0.15, 0.2) is 5.65 Å². The molecule has 7 nitrogen and oxygen atoms in total. The Bertz CT molecular complexity index is 1350. The molecule has 2 aromatic carbocycles. The average Bonchev–Trinajstić information content (AvgIpc) is 3.43. The van der Waals surface area contributed by atoms with Crippen molar-refractivity contribution in [1.29, 1.82) is 0 Å². The van der Waals surface area contributed by atoms with Gasteiger partial charge in [-0.3, -0.25) is 0 Å². The highest BCUT2D eigenvalue weighted by atomic mass is 15.5. The predicted octanol–water partition coefficient (Wildman–Crippen LogP) is 4.30. The van der Waals surface area contributed by atoms with Crippen LogP contribution in [0.25, 0.3) is 28.0 Å². The van der Waals surface area contributed by atoms with Crippen LogP contribution in [0, 0.1) is 13.8 Å². The highest BCUT2D eigenvalue weighted by Crippen LogP contribution is 2.27. The highest BCUT2D eigenvalue weighted by Gasteiger charge is 2.14. The van der Waals surface area contributed by atoms with Crippen LogP contribution in [0.3, 0.4) is 0 Å². The molecule has 5 aromatic rings. The largest absolute Gasteiger partial charge is 0.308 e. The first-order chi connectivity index (χ1) is 15.1. The molecule has 0 atom stereocenters. The maximum atomic E-state index is 4.85. The van der Waals surface area contributed by atoms with Gasteiger partial charge in [-0.05, 0) is 53.1 Å². The van der Waals surface area contributed by atoms with Gasteiger partial charge in [0.25, 0.3) is 0 Å². The summed E-state index contributed by atoms with van der Waals surface area (Å²) in [7, 11) is 0. The van der Waals surface area contributed by atoms with E-state index in [1.807, 2.05) is 25.1 Å². The number of aryl methyl sites for hydroxylation is 3. The molecule has 154 valence electrons. The van der Waals surface area contributed by atoms with Gasteiger partial charge in [0, 0.05) is 17.7 Å². The Morgan fingerprint density at radius 1 is 0.935 bits per heavy atom. The van der Waals surface area contributed by atoms with Gasteiger partial charge in [-0.25, -0.2) is 9.97 Å². The zero-order valence-corrected chi connectivity index (χ0v) is 17.8. The minimum Gasteiger partial charge on any atom is -0.308 e. The van der Waals surface area contributed by atoms with E-state index in [2.05, 4.69) is 70.3 Å². The second-order valence-corrected chi connectivity index (χ2v) is 7.69. The maximum Gasteiger partial charge on any atom is 0.160 e. The molecule has 0 aliphatic rings. The smallest absolute Gasteiger partial charge is 0.160 e. The topological polar surface area (TPSA) is 74.3 Å². The zero-order valence-electron chi connectivity index (χ0n) is 17.8. The van der Waals surface area contributed by atoms with Gasteiger partial charge >= 0.3 is 0 Å². The van der Waals surface area contributed by atoms with Crippen LogP contribution in [0.1, 0.15) is 29.6 Å². The number of para-hydroxylation sites is 1. The lowest BCUT2D eigenvalue weighted by atomic mass is 10.0. The summed E-state index contributed by atoms with van der Waals surface area (Å²) in [5.41, 5.74) is 8.50. The van der Waals surface area contributed by atoms with E-state index in [0.29, 0.717) is 0 Å². The molecule has 0 fully saturated rings. The lowest BCUT2D eigenvalue weighted by Crippen LogP contribution is -2.05. The van der Waals surface area contributed by atoms with Crippen LogP contribution in [0.5, 0.6) is 0 Å². The molecule has 3 aromatic heterocycles. The molecule has 0 aliphatic carbocycles. The van der Waals surface area contributed by atoms with E-state index < -0.39 is 0 Å². The summed E-state index contributed by atoms with van der Waals surface area (Å²) in [5.74, 6) is 1.06. The minimum atomic E-state index is 0.741. The molecular weight excluding hydrogens is 386 g/mol. The van der Waals surface area contributed by atoms with E-state index in [9.17, 15) is 0 Å². The van der Waals surface area contributed by atoms with Crippen molar-refractivity contribution in [3.05, 3.63) is 83.6 Å². The van der Waals surface area contributed by atoms with Crippen molar-refractivity contribution in [2.45, 2.75) is 33.7 Å². The van der Waals surface area contributed by atoms with Crippen molar-refractivity contribution < 1.29 is 0 Å². The molecule has 0 bridgehead atoms. The molecule has 0 amide bonds. The molecule has 7 heteroatoms. The summed E-state index contributed by atoms with van der Waals surface area (Å²) >= 11 is 0. The lowest BCUT2D eigenvalue weighted by molar-refractivity contribution is 0.745. The van der Waals surface area contributed by atoms with Crippen LogP contribution in [0.4, 0.5) is 0 Å². The minimum absolute atomic E-state index is 0.741. The molecule has 0 N–H and O–H groups in total. The second kappa shape index (κ2) is 7.75. The van der Waals surface area contributed by atoms with E-state index in [4.69, 9.17) is 9.97 Å². The van der Waals surface area contributed by atoms with Gasteiger partial charge in [-0.2, -0.15) is 4.68 Å². The number of hydrogen-bond acceptors (Lipinski definition) is 5. The fourth-order valence-electron chi connectivity index (χ4n) is 4.05. The molecule has 5 rings (SSSR count). The van der Waals surface area contributed by atoms with Crippen molar-refractivity contribution in [2.24, 2.45) is 0 Å². The Hall–Kier alpha value is -3.87. The van der Waals surface area contributed by atoms with Crippen molar-refractivity contribution in [3.63, 3.8) is 0 Å². The molecule has 0 spiro atoms. The van der Waals surface area contributed by atoms with Gasteiger partial charge in [0.2, 0.25) is 0 Å². The molecule has 0 saturated heterocycles. The van der Waals surface area contributed by atoms with E-state index >= 15 is 0 Å². The molecular formula is C24H23N7. The number of imidazole rings is 1. The van der Waals surface area contributed by atoms with Crippen LogP contribution >= 0.6 is 0 Å². The summed E-state index contributed by atoms with van der Waals surface area (Å²) < 4.78 is 3.92. The average molecular weight is 409 g/mol. The second-order valence-electron chi connectivity index (χ2n) is 7.69. The third-order valence-electron chi connectivity index (χ3n) is 5.52. The molecule has 0 radical (unpaired) electrons. The van der Waals surface area contributed by atoms with Gasteiger partial charge in [0.1, 0.15) is 17.7 Å². The standard InChI is InChI=1S/C24H23N7/c1-4-22-27-23-16(2)13-17(3)26-24(23)30(22)14-18-9-11-19(12-10-18)20-7-5-6-8-21(20)31-15-25-28-29-31/h5-13,15H,4,14H2,1-3H3. The monoisotopic (exact) mass is 409 g/mol. The van der Waals surface area contributed by atoms with Crippen LogP contribution in [0.15, 0.2) is 60.9 Å². The maximum absolute atomic E-state index is 4.85. The van der Waals surface area contributed by atoms with Crippen LogP contribution in [0.2, 0.25) is 0 Å². The summed E-state index contributed by atoms with van der Waals surface area (Å²) in [6.07, 6.45) is 2.48. The number of benzene rings is 2. The fraction of sp³-hybridized carbons (Fsp3) is 0.208. The third kappa shape index (κ3) is 3.48. The molecule has 0 unspecified atom stereocenters. The van der Waals surface area contributed by atoms with Gasteiger partial charge in [0.05, 0.1) is 12.2 Å². The molecule has 31 heavy (non-hydrogen) atoms. The highest BCUT2D eigenvalue weighted by molar-refractivity contribution is 5.76. The van der Waals surface area contributed by atoms with Crippen LogP contribution in [-0.4, -0.2) is 34.7 Å². The van der Waals surface area contributed by atoms with E-state index in [-0.39, 0.29) is 0 Å². The van der Waals surface area contributed by atoms with Crippen molar-refractivity contribution >= 4 is 11.2 Å². The van der Waals surface area contributed by atoms with Gasteiger partial charge in [-0.1, -0.05) is 49.4 Å². The lowest BCUT2D eigenvalue weighted by Gasteiger charge is -2.11. The summed E-state index contributed by atoms with van der Waals surface area (Å²) in [6.45, 7) is 7.01.